The van der Waals surface area contributed by atoms with E-state index in [4.69, 9.17) is 9.47 Å². The lowest BCUT2D eigenvalue weighted by atomic mass is 10.3. The molecule has 0 fully saturated rings. The Hall–Kier alpha value is -1.80. The van der Waals surface area contributed by atoms with Gasteiger partial charge in [0.25, 0.3) is 5.91 Å². The van der Waals surface area contributed by atoms with Crippen molar-refractivity contribution in [1.29, 1.82) is 0 Å². The van der Waals surface area contributed by atoms with Crippen molar-refractivity contribution < 1.29 is 14.3 Å². The van der Waals surface area contributed by atoms with E-state index in [0.717, 1.165) is 21.5 Å². The molecule has 0 bridgehead atoms. The summed E-state index contributed by atoms with van der Waals surface area (Å²) < 4.78 is 11.6. The Labute approximate surface area is 143 Å². The summed E-state index contributed by atoms with van der Waals surface area (Å²) in [5.41, 5.74) is 0. The molecule has 0 unspecified atom stereocenters. The van der Waals surface area contributed by atoms with E-state index in [-0.39, 0.29) is 12.5 Å². The number of benzene rings is 1. The molecule has 1 amide bonds. The lowest BCUT2D eigenvalue weighted by molar-refractivity contribution is -0.123. The van der Waals surface area contributed by atoms with Crippen LogP contribution in [-0.4, -0.2) is 42.1 Å². The minimum Gasteiger partial charge on any atom is -0.493 e. The monoisotopic (exact) mass is 353 g/mol. The highest BCUT2D eigenvalue weighted by molar-refractivity contribution is 8.01. The van der Waals surface area contributed by atoms with Gasteiger partial charge in [-0.15, -0.1) is 10.2 Å². The third-order valence-electron chi connectivity index (χ3n) is 2.80. The summed E-state index contributed by atoms with van der Waals surface area (Å²) in [7, 11) is 1.57. The number of ether oxygens (including phenoxy) is 2. The van der Waals surface area contributed by atoms with Crippen LogP contribution in [0.2, 0.25) is 0 Å². The third kappa shape index (κ3) is 6.07. The number of hydrogen-bond donors (Lipinski definition) is 1. The molecule has 0 aliphatic rings. The van der Waals surface area contributed by atoms with Gasteiger partial charge in [0.05, 0.1) is 7.11 Å². The molecular weight excluding hydrogens is 334 g/mol. The van der Waals surface area contributed by atoms with Crippen LogP contribution in [0.4, 0.5) is 0 Å². The summed E-state index contributed by atoms with van der Waals surface area (Å²) in [6, 6.07) is 7.25. The fraction of sp³-hybridized carbons (Fsp3) is 0.400. The maximum Gasteiger partial charge on any atom is 0.257 e. The number of para-hydroxylation sites is 2. The van der Waals surface area contributed by atoms with Crippen molar-refractivity contribution in [3.63, 3.8) is 0 Å². The lowest BCUT2D eigenvalue weighted by Crippen LogP contribution is -2.30. The average molecular weight is 353 g/mol. The number of thioether (sulfide) groups is 1. The molecule has 8 heteroatoms. The molecule has 0 aliphatic carbocycles. The predicted molar refractivity (Wildman–Crippen MR) is 91.5 cm³/mol. The lowest BCUT2D eigenvalue weighted by Gasteiger charge is -2.10. The second-order valence-electron chi connectivity index (χ2n) is 4.58. The minimum absolute atomic E-state index is 0.0247. The maximum atomic E-state index is 11.7. The van der Waals surface area contributed by atoms with E-state index in [9.17, 15) is 4.79 Å². The molecule has 0 aliphatic heterocycles. The van der Waals surface area contributed by atoms with Crippen LogP contribution in [0.1, 0.15) is 11.4 Å². The fourth-order valence-corrected chi connectivity index (χ4v) is 3.55. The Morgan fingerprint density at radius 2 is 2.09 bits per heavy atom. The number of amides is 1. The number of methoxy groups -OCH3 is 1. The van der Waals surface area contributed by atoms with Crippen molar-refractivity contribution in [2.75, 3.05) is 26.0 Å². The Morgan fingerprint density at radius 1 is 1.30 bits per heavy atom. The summed E-state index contributed by atoms with van der Waals surface area (Å²) >= 11 is 3.24. The maximum absolute atomic E-state index is 11.7. The minimum atomic E-state index is -0.146. The van der Waals surface area contributed by atoms with Crippen LogP contribution >= 0.6 is 23.1 Å². The topological polar surface area (TPSA) is 73.3 Å². The van der Waals surface area contributed by atoms with E-state index in [1.54, 1.807) is 42.3 Å². The molecule has 1 aromatic carbocycles. The molecule has 1 heterocycles. The van der Waals surface area contributed by atoms with E-state index >= 15 is 0 Å². The van der Waals surface area contributed by atoms with Gasteiger partial charge in [0.1, 0.15) is 5.01 Å². The zero-order valence-corrected chi connectivity index (χ0v) is 14.7. The number of nitrogens with zero attached hydrogens (tertiary/aromatic N) is 2. The van der Waals surface area contributed by atoms with Gasteiger partial charge in [-0.1, -0.05) is 35.2 Å². The molecule has 0 atom stereocenters. The summed E-state index contributed by atoms with van der Waals surface area (Å²) in [6.45, 7) is 2.52. The highest BCUT2D eigenvalue weighted by Crippen LogP contribution is 2.25. The molecule has 1 N–H and O–H groups in total. The standard InChI is InChI=1S/C15H19N3O3S2/c1-11-17-18-15(23-11)22-9-5-8-16-14(19)10-21-13-7-4-3-6-12(13)20-2/h3-4,6-7H,5,8-10H2,1-2H3,(H,16,19). The number of carbonyl (C=O) groups excluding carboxylic acids is 1. The molecule has 2 aromatic rings. The van der Waals surface area contributed by atoms with Gasteiger partial charge in [-0.2, -0.15) is 0 Å². The highest BCUT2D eigenvalue weighted by Gasteiger charge is 2.06. The Kier molecular flexibility index (Phi) is 7.15. The van der Waals surface area contributed by atoms with Crippen LogP contribution in [-0.2, 0) is 4.79 Å². The van der Waals surface area contributed by atoms with E-state index in [1.165, 1.54) is 0 Å². The summed E-state index contributed by atoms with van der Waals surface area (Å²) in [4.78, 5) is 11.7. The van der Waals surface area contributed by atoms with Crippen LogP contribution in [0.3, 0.4) is 0 Å². The molecule has 1 aromatic heterocycles. The Morgan fingerprint density at radius 3 is 2.78 bits per heavy atom. The summed E-state index contributed by atoms with van der Waals surface area (Å²) in [6.07, 6.45) is 0.865. The smallest absolute Gasteiger partial charge is 0.257 e. The quantitative estimate of drug-likeness (QED) is 0.552. The average Bonchev–Trinajstić information content (AvgIpc) is 2.98. The number of nitrogens with one attached hydrogen (secondary N) is 1. The number of rotatable bonds is 9. The first-order valence-electron chi connectivity index (χ1n) is 7.14. The number of carbonyl (C=O) groups is 1. The number of hydrogen-bond acceptors (Lipinski definition) is 7. The number of aromatic nitrogens is 2. The highest BCUT2D eigenvalue weighted by atomic mass is 32.2. The van der Waals surface area contributed by atoms with Crippen molar-refractivity contribution >= 4 is 29.0 Å². The largest absolute Gasteiger partial charge is 0.493 e. The van der Waals surface area contributed by atoms with Crippen molar-refractivity contribution in [2.24, 2.45) is 0 Å². The van der Waals surface area contributed by atoms with Gasteiger partial charge >= 0.3 is 0 Å². The van der Waals surface area contributed by atoms with Gasteiger partial charge in [0, 0.05) is 12.3 Å². The second-order valence-corrected chi connectivity index (χ2v) is 7.10. The van der Waals surface area contributed by atoms with Gasteiger partial charge in [-0.25, -0.2) is 0 Å². The van der Waals surface area contributed by atoms with Crippen molar-refractivity contribution in [3.8, 4) is 11.5 Å². The summed E-state index contributed by atoms with van der Waals surface area (Å²) in [5, 5.41) is 11.8. The van der Waals surface area contributed by atoms with Crippen LogP contribution < -0.4 is 14.8 Å². The normalized spacial score (nSPS) is 10.3. The van der Waals surface area contributed by atoms with Crippen molar-refractivity contribution in [1.82, 2.24) is 15.5 Å². The van der Waals surface area contributed by atoms with Gasteiger partial charge < -0.3 is 14.8 Å². The van der Waals surface area contributed by atoms with E-state index in [1.807, 2.05) is 19.1 Å². The Balaban J connectivity index is 1.60. The Bertz CT molecular complexity index is 634. The van der Waals surface area contributed by atoms with Gasteiger partial charge in [0.15, 0.2) is 22.4 Å². The zero-order valence-electron chi connectivity index (χ0n) is 13.1. The van der Waals surface area contributed by atoms with Crippen LogP contribution in [0.25, 0.3) is 0 Å². The molecule has 2 rings (SSSR count). The van der Waals surface area contributed by atoms with Crippen LogP contribution in [0.15, 0.2) is 28.6 Å². The van der Waals surface area contributed by atoms with Crippen molar-refractivity contribution in [3.05, 3.63) is 29.3 Å². The molecule has 6 nitrogen and oxygen atoms in total. The second kappa shape index (κ2) is 9.36. The third-order valence-corrected chi connectivity index (χ3v) is 4.86. The van der Waals surface area contributed by atoms with Crippen LogP contribution in [0, 0.1) is 6.92 Å². The first-order valence-corrected chi connectivity index (χ1v) is 8.94. The van der Waals surface area contributed by atoms with Crippen LogP contribution in [0.5, 0.6) is 11.5 Å². The fourth-order valence-electron chi connectivity index (χ4n) is 1.73. The SMILES string of the molecule is COc1ccccc1OCC(=O)NCCCSc1nnc(C)s1. The predicted octanol–water partition coefficient (Wildman–Crippen LogP) is 2.53. The molecule has 124 valence electrons. The van der Waals surface area contributed by atoms with Gasteiger partial charge in [-0.05, 0) is 25.5 Å². The van der Waals surface area contributed by atoms with Gasteiger partial charge in [0.2, 0.25) is 0 Å². The first kappa shape index (κ1) is 17.6. The molecule has 0 radical (unpaired) electrons. The van der Waals surface area contributed by atoms with Crippen molar-refractivity contribution in [2.45, 2.75) is 17.7 Å². The van der Waals surface area contributed by atoms with E-state index < -0.39 is 0 Å². The molecular formula is C15H19N3O3S2. The molecule has 0 saturated heterocycles. The zero-order chi connectivity index (χ0) is 16.5. The molecule has 0 saturated carbocycles. The summed E-state index contributed by atoms with van der Waals surface area (Å²) in [5.74, 6) is 1.92. The molecule has 23 heavy (non-hydrogen) atoms. The molecule has 0 spiro atoms. The van der Waals surface area contributed by atoms with E-state index in [0.29, 0.717) is 18.0 Å². The number of aryl methyl sites for hydroxylation is 1. The van der Waals surface area contributed by atoms with Gasteiger partial charge in [-0.3, -0.25) is 4.79 Å². The van der Waals surface area contributed by atoms with E-state index in [2.05, 4.69) is 15.5 Å². The first-order chi connectivity index (χ1) is 11.2.